The Morgan fingerprint density at radius 1 is 1.00 bits per heavy atom. The number of alkyl halides is 1. The minimum atomic E-state index is 0.297. The van der Waals surface area contributed by atoms with Crippen LogP contribution in [0.15, 0.2) is 36.4 Å². The normalized spacial score (nSPS) is 12.5. The maximum Gasteiger partial charge on any atom is 0.0438 e. The molecule has 0 aliphatic rings. The Labute approximate surface area is 128 Å². The van der Waals surface area contributed by atoms with Crippen molar-refractivity contribution < 1.29 is 0 Å². The Kier molecular flexibility index (Phi) is 4.70. The minimum absolute atomic E-state index is 0.297. The third-order valence-corrected chi connectivity index (χ3v) is 4.72. The van der Waals surface area contributed by atoms with E-state index in [1.54, 1.807) is 0 Å². The van der Waals surface area contributed by atoms with Crippen LogP contribution in [-0.4, -0.2) is 0 Å². The van der Waals surface area contributed by atoms with E-state index in [9.17, 15) is 0 Å². The molecule has 2 heteroatoms. The monoisotopic (exact) mass is 336 g/mol. The fourth-order valence-corrected chi connectivity index (χ4v) is 2.96. The van der Waals surface area contributed by atoms with Crippen LogP contribution in [0, 0.1) is 20.8 Å². The molecule has 1 atom stereocenters. The zero-order chi connectivity index (χ0) is 14.0. The average molecular weight is 338 g/mol. The van der Waals surface area contributed by atoms with E-state index in [-0.39, 0.29) is 0 Å². The quantitative estimate of drug-likeness (QED) is 0.608. The van der Waals surface area contributed by atoms with Crippen LogP contribution in [-0.2, 0) is 6.42 Å². The van der Waals surface area contributed by atoms with E-state index in [1.807, 2.05) is 6.92 Å². The lowest BCUT2D eigenvalue weighted by atomic mass is 9.98. The van der Waals surface area contributed by atoms with E-state index in [0.717, 1.165) is 17.0 Å². The van der Waals surface area contributed by atoms with E-state index in [0.29, 0.717) is 4.83 Å². The number of hydrogen-bond acceptors (Lipinski definition) is 0. The summed E-state index contributed by atoms with van der Waals surface area (Å²) in [6, 6.07) is 12.9. The molecule has 0 amide bonds. The summed E-state index contributed by atoms with van der Waals surface area (Å²) in [6.45, 7) is 6.32. The van der Waals surface area contributed by atoms with Crippen LogP contribution >= 0.6 is 27.5 Å². The maximum absolute atomic E-state index is 6.20. The lowest BCUT2D eigenvalue weighted by Gasteiger charge is -2.14. The molecular weight excluding hydrogens is 320 g/mol. The molecule has 0 radical (unpaired) electrons. The topological polar surface area (TPSA) is 0 Å². The van der Waals surface area contributed by atoms with Crippen LogP contribution in [0.25, 0.3) is 0 Å². The molecule has 0 nitrogen and oxygen atoms in total. The molecule has 2 aromatic carbocycles. The number of halogens is 2. The van der Waals surface area contributed by atoms with Gasteiger partial charge in [-0.1, -0.05) is 63.4 Å². The van der Waals surface area contributed by atoms with Gasteiger partial charge < -0.3 is 0 Å². The summed E-state index contributed by atoms with van der Waals surface area (Å²) < 4.78 is 0. The fourth-order valence-electron chi connectivity index (χ4n) is 2.14. The van der Waals surface area contributed by atoms with Gasteiger partial charge in [-0.3, -0.25) is 0 Å². The summed E-state index contributed by atoms with van der Waals surface area (Å²) in [6.07, 6.45) is 0.979. The van der Waals surface area contributed by atoms with Crippen LogP contribution < -0.4 is 0 Å². The molecular formula is C17H18BrCl. The number of aryl methyl sites for hydroxylation is 3. The SMILES string of the molecule is Cc1ccc(C)c(CC(Br)c2ccc(C)c(Cl)c2)c1. The Hall–Kier alpha value is -0.790. The molecule has 1 unspecified atom stereocenters. The van der Waals surface area contributed by atoms with Crippen LogP contribution in [0.4, 0.5) is 0 Å². The molecule has 100 valence electrons. The lowest BCUT2D eigenvalue weighted by Crippen LogP contribution is -1.98. The van der Waals surface area contributed by atoms with Crippen molar-refractivity contribution in [1.29, 1.82) is 0 Å². The zero-order valence-corrected chi connectivity index (χ0v) is 13.8. The Morgan fingerprint density at radius 2 is 1.68 bits per heavy atom. The molecule has 0 aliphatic carbocycles. The molecule has 0 N–H and O–H groups in total. The summed E-state index contributed by atoms with van der Waals surface area (Å²) in [5, 5.41) is 0.836. The Morgan fingerprint density at radius 3 is 2.37 bits per heavy atom. The maximum atomic E-state index is 6.20. The van der Waals surface area contributed by atoms with E-state index in [4.69, 9.17) is 11.6 Å². The van der Waals surface area contributed by atoms with Gasteiger partial charge >= 0.3 is 0 Å². The standard InChI is InChI=1S/C17H18BrCl/c1-11-4-5-12(2)15(8-11)9-16(18)14-7-6-13(3)17(19)10-14/h4-8,10,16H,9H2,1-3H3. The van der Waals surface area contributed by atoms with Crippen molar-refractivity contribution in [3.63, 3.8) is 0 Å². The highest BCUT2D eigenvalue weighted by Crippen LogP contribution is 2.31. The highest BCUT2D eigenvalue weighted by molar-refractivity contribution is 9.09. The van der Waals surface area contributed by atoms with Crippen LogP contribution in [0.2, 0.25) is 5.02 Å². The third-order valence-electron chi connectivity index (χ3n) is 3.46. The zero-order valence-electron chi connectivity index (χ0n) is 11.5. The van der Waals surface area contributed by atoms with Gasteiger partial charge in [0.2, 0.25) is 0 Å². The molecule has 0 aromatic heterocycles. The third kappa shape index (κ3) is 3.61. The van der Waals surface area contributed by atoms with Gasteiger partial charge in [0.1, 0.15) is 0 Å². The van der Waals surface area contributed by atoms with Crippen molar-refractivity contribution >= 4 is 27.5 Å². The predicted molar refractivity (Wildman–Crippen MR) is 87.5 cm³/mol. The van der Waals surface area contributed by atoms with E-state index in [1.165, 1.54) is 22.3 Å². The molecule has 0 bridgehead atoms. The summed E-state index contributed by atoms with van der Waals surface area (Å²) >= 11 is 9.98. The molecule has 0 spiro atoms. The largest absolute Gasteiger partial charge is 0.0840 e. The van der Waals surface area contributed by atoms with Gasteiger partial charge in [0.15, 0.2) is 0 Å². The van der Waals surface area contributed by atoms with Crippen molar-refractivity contribution in [2.24, 2.45) is 0 Å². The predicted octanol–water partition coefficient (Wildman–Crippen LogP) is 5.94. The van der Waals surface area contributed by atoms with E-state index >= 15 is 0 Å². The highest BCUT2D eigenvalue weighted by atomic mass is 79.9. The van der Waals surface area contributed by atoms with Gasteiger partial charge in [-0.15, -0.1) is 0 Å². The molecule has 0 saturated carbocycles. The highest BCUT2D eigenvalue weighted by Gasteiger charge is 2.11. The van der Waals surface area contributed by atoms with Crippen molar-refractivity contribution in [2.75, 3.05) is 0 Å². The van der Waals surface area contributed by atoms with Gasteiger partial charge in [0, 0.05) is 9.85 Å². The molecule has 0 saturated heterocycles. The second-order valence-electron chi connectivity index (χ2n) is 5.11. The van der Waals surface area contributed by atoms with Gasteiger partial charge in [0.25, 0.3) is 0 Å². The van der Waals surface area contributed by atoms with E-state index < -0.39 is 0 Å². The molecule has 0 fully saturated rings. The summed E-state index contributed by atoms with van der Waals surface area (Å²) in [5.41, 5.74) is 6.39. The van der Waals surface area contributed by atoms with Gasteiger partial charge in [-0.05, 0) is 55.5 Å². The number of rotatable bonds is 3. The van der Waals surface area contributed by atoms with Crippen LogP contribution in [0.1, 0.15) is 32.6 Å². The van der Waals surface area contributed by atoms with Crippen molar-refractivity contribution in [3.05, 3.63) is 69.2 Å². The summed E-state index contributed by atoms with van der Waals surface area (Å²) in [4.78, 5) is 0.297. The Balaban J connectivity index is 2.22. The fraction of sp³-hybridized carbons (Fsp3) is 0.294. The Bertz CT molecular complexity index is 590. The summed E-state index contributed by atoms with van der Waals surface area (Å²) in [7, 11) is 0. The van der Waals surface area contributed by atoms with Crippen LogP contribution in [0.5, 0.6) is 0 Å². The smallest absolute Gasteiger partial charge is 0.0438 e. The first-order chi connectivity index (χ1) is 8.97. The molecule has 0 aliphatic heterocycles. The van der Waals surface area contributed by atoms with Crippen molar-refractivity contribution in [1.82, 2.24) is 0 Å². The van der Waals surface area contributed by atoms with Gasteiger partial charge in [-0.2, -0.15) is 0 Å². The van der Waals surface area contributed by atoms with Gasteiger partial charge in [-0.25, -0.2) is 0 Å². The second-order valence-corrected chi connectivity index (χ2v) is 6.62. The average Bonchev–Trinajstić information content (AvgIpc) is 2.37. The van der Waals surface area contributed by atoms with Crippen molar-refractivity contribution in [3.8, 4) is 0 Å². The minimum Gasteiger partial charge on any atom is -0.0840 e. The molecule has 19 heavy (non-hydrogen) atoms. The van der Waals surface area contributed by atoms with E-state index in [2.05, 4.69) is 66.2 Å². The second kappa shape index (κ2) is 6.11. The first-order valence-corrected chi connectivity index (χ1v) is 7.73. The van der Waals surface area contributed by atoms with Crippen LogP contribution in [0.3, 0.4) is 0 Å². The van der Waals surface area contributed by atoms with Gasteiger partial charge in [0.05, 0.1) is 0 Å². The first kappa shape index (κ1) is 14.6. The first-order valence-electron chi connectivity index (χ1n) is 6.43. The molecule has 2 rings (SSSR count). The molecule has 2 aromatic rings. The number of hydrogen-bond donors (Lipinski definition) is 0. The molecule has 0 heterocycles. The van der Waals surface area contributed by atoms with Crippen molar-refractivity contribution in [2.45, 2.75) is 32.0 Å². The number of benzene rings is 2. The lowest BCUT2D eigenvalue weighted by molar-refractivity contribution is 0.935. The summed E-state index contributed by atoms with van der Waals surface area (Å²) in [5.74, 6) is 0.